The molecule has 1 aromatic carbocycles. The van der Waals surface area contributed by atoms with Gasteiger partial charge in [-0.1, -0.05) is 11.3 Å². The van der Waals surface area contributed by atoms with Crippen molar-refractivity contribution in [2.45, 2.75) is 57.5 Å². The number of fused-ring (bicyclic) bond motifs is 1. The molecule has 0 atom stereocenters. The Balaban J connectivity index is 1.13. The number of benzene rings is 1. The molecule has 7 heteroatoms. The molecule has 0 radical (unpaired) electrons. The maximum Gasteiger partial charge on any atom is 0.315 e. The molecular weight excluding hydrogens is 411 g/mol. The van der Waals surface area contributed by atoms with E-state index in [0.717, 1.165) is 63.8 Å². The second kappa shape index (κ2) is 7.05. The van der Waals surface area contributed by atoms with Crippen molar-refractivity contribution in [3.05, 3.63) is 46.9 Å². The third-order valence-corrected chi connectivity index (χ3v) is 8.78. The Morgan fingerprint density at radius 3 is 2.42 bits per heavy atom. The van der Waals surface area contributed by atoms with Crippen LogP contribution in [0.5, 0.6) is 0 Å². The van der Waals surface area contributed by atoms with Crippen LogP contribution in [0.3, 0.4) is 0 Å². The summed E-state index contributed by atoms with van der Waals surface area (Å²) in [4.78, 5) is 19.5. The van der Waals surface area contributed by atoms with E-state index in [0.29, 0.717) is 6.54 Å². The van der Waals surface area contributed by atoms with E-state index in [9.17, 15) is 9.18 Å². The second-order valence-electron chi connectivity index (χ2n) is 9.90. The summed E-state index contributed by atoms with van der Waals surface area (Å²) in [5.74, 6) is 2.19. The number of amides is 2. The number of halogens is 1. The number of nitrogens with one attached hydrogen (secondary N) is 2. The first kappa shape index (κ1) is 19.3. The molecule has 0 aliphatic heterocycles. The number of aryl methyl sites for hydroxylation is 1. The number of aromatic nitrogens is 2. The number of hydrogen-bond donors (Lipinski definition) is 2. The molecule has 5 nitrogen and oxygen atoms in total. The summed E-state index contributed by atoms with van der Waals surface area (Å²) in [7, 11) is 0. The lowest BCUT2D eigenvalue weighted by atomic mass is 9.53. The maximum absolute atomic E-state index is 13.2. The molecule has 0 unspecified atom stereocenters. The Morgan fingerprint density at radius 1 is 1.16 bits per heavy atom. The molecule has 3 aromatic rings. The Labute approximate surface area is 185 Å². The van der Waals surface area contributed by atoms with Gasteiger partial charge in [0.05, 0.1) is 12.2 Å². The van der Waals surface area contributed by atoms with Crippen LogP contribution < -0.4 is 10.6 Å². The van der Waals surface area contributed by atoms with E-state index in [2.05, 4.69) is 15.0 Å². The number of rotatable bonds is 4. The highest BCUT2D eigenvalue weighted by atomic mass is 32.1. The molecule has 162 valence electrons. The normalized spacial score (nSPS) is 28.9. The monoisotopic (exact) mass is 438 g/mol. The van der Waals surface area contributed by atoms with Crippen LogP contribution in [0.25, 0.3) is 16.2 Å². The van der Waals surface area contributed by atoms with Crippen molar-refractivity contribution in [2.24, 2.45) is 17.8 Å². The summed E-state index contributed by atoms with van der Waals surface area (Å²) in [5.41, 5.74) is 2.83. The van der Waals surface area contributed by atoms with E-state index in [1.165, 1.54) is 31.4 Å². The molecule has 4 fully saturated rings. The van der Waals surface area contributed by atoms with E-state index in [1.54, 1.807) is 23.5 Å². The number of thiazole rings is 1. The fraction of sp³-hybridized carbons (Fsp3) is 0.500. The minimum Gasteiger partial charge on any atom is -0.333 e. The molecule has 4 saturated carbocycles. The highest BCUT2D eigenvalue weighted by Crippen LogP contribution is 2.55. The van der Waals surface area contributed by atoms with Gasteiger partial charge in [-0.25, -0.2) is 14.2 Å². The van der Waals surface area contributed by atoms with Crippen LogP contribution in [0.1, 0.15) is 49.1 Å². The molecule has 7 rings (SSSR count). The molecule has 4 aliphatic carbocycles. The highest BCUT2D eigenvalue weighted by Gasteiger charge is 2.51. The molecule has 0 saturated heterocycles. The third-order valence-electron chi connectivity index (χ3n) is 7.62. The van der Waals surface area contributed by atoms with E-state index in [-0.39, 0.29) is 17.4 Å². The lowest BCUT2D eigenvalue weighted by Gasteiger charge is -2.56. The van der Waals surface area contributed by atoms with Gasteiger partial charge in [-0.15, -0.1) is 0 Å². The predicted molar refractivity (Wildman–Crippen MR) is 119 cm³/mol. The van der Waals surface area contributed by atoms with Gasteiger partial charge in [0, 0.05) is 27.9 Å². The molecule has 2 amide bonds. The van der Waals surface area contributed by atoms with Crippen LogP contribution in [-0.4, -0.2) is 21.0 Å². The van der Waals surface area contributed by atoms with Gasteiger partial charge in [0.2, 0.25) is 0 Å². The smallest absolute Gasteiger partial charge is 0.315 e. The Morgan fingerprint density at radius 2 is 1.81 bits per heavy atom. The Kier molecular flexibility index (Phi) is 4.39. The molecule has 2 heterocycles. The number of nitrogens with zero attached hydrogens (tertiary/aromatic N) is 2. The summed E-state index contributed by atoms with van der Waals surface area (Å²) in [6, 6.07) is 6.35. The summed E-state index contributed by atoms with van der Waals surface area (Å²) in [6.07, 6.45) is 9.57. The van der Waals surface area contributed by atoms with Gasteiger partial charge in [0.25, 0.3) is 0 Å². The fourth-order valence-electron chi connectivity index (χ4n) is 6.63. The van der Waals surface area contributed by atoms with Gasteiger partial charge in [-0.05, 0) is 87.5 Å². The average Bonchev–Trinajstić information content (AvgIpc) is 3.25. The number of hydrogen-bond acceptors (Lipinski definition) is 3. The summed E-state index contributed by atoms with van der Waals surface area (Å²) >= 11 is 1.59. The van der Waals surface area contributed by atoms with Crippen LogP contribution >= 0.6 is 11.3 Å². The van der Waals surface area contributed by atoms with Crippen LogP contribution in [0.4, 0.5) is 9.18 Å². The molecular formula is C24H27FN4OS. The quantitative estimate of drug-likeness (QED) is 0.582. The first-order valence-electron chi connectivity index (χ1n) is 11.3. The van der Waals surface area contributed by atoms with Gasteiger partial charge in [0.15, 0.2) is 4.96 Å². The van der Waals surface area contributed by atoms with Crippen LogP contribution in [-0.2, 0) is 6.54 Å². The van der Waals surface area contributed by atoms with Crippen LogP contribution in [0, 0.1) is 30.5 Å². The SMILES string of the molecule is Cc1c(CNC(=O)NC23CC4CC(CC(C4)C2)C3)sc2nc(-c3ccc(F)cc3)cn12. The van der Waals surface area contributed by atoms with E-state index in [1.807, 2.05) is 13.1 Å². The van der Waals surface area contributed by atoms with Gasteiger partial charge in [0.1, 0.15) is 5.82 Å². The predicted octanol–water partition coefficient (Wildman–Crippen LogP) is 5.28. The van der Waals surface area contributed by atoms with Crippen molar-refractivity contribution in [3.63, 3.8) is 0 Å². The third kappa shape index (κ3) is 3.43. The van der Waals surface area contributed by atoms with Crippen LogP contribution in [0.2, 0.25) is 0 Å². The van der Waals surface area contributed by atoms with Gasteiger partial charge in [-0.2, -0.15) is 0 Å². The second-order valence-corrected chi connectivity index (χ2v) is 11.0. The van der Waals surface area contributed by atoms with Crippen molar-refractivity contribution in [1.82, 2.24) is 20.0 Å². The Bertz CT molecular complexity index is 1110. The summed E-state index contributed by atoms with van der Waals surface area (Å²) in [6.45, 7) is 2.55. The van der Waals surface area contributed by atoms with Crippen molar-refractivity contribution >= 4 is 22.3 Å². The maximum atomic E-state index is 13.2. The van der Waals surface area contributed by atoms with E-state index >= 15 is 0 Å². The minimum absolute atomic E-state index is 0.0297. The van der Waals surface area contributed by atoms with Crippen molar-refractivity contribution in [1.29, 1.82) is 0 Å². The van der Waals surface area contributed by atoms with E-state index < -0.39 is 0 Å². The van der Waals surface area contributed by atoms with E-state index in [4.69, 9.17) is 4.98 Å². The number of carbonyl (C=O) groups excluding carboxylic acids is 1. The summed E-state index contributed by atoms with van der Waals surface area (Å²) in [5, 5.41) is 6.47. The van der Waals surface area contributed by atoms with Gasteiger partial charge in [-0.3, -0.25) is 4.40 Å². The summed E-state index contributed by atoms with van der Waals surface area (Å²) < 4.78 is 15.2. The zero-order valence-corrected chi connectivity index (χ0v) is 18.5. The molecule has 31 heavy (non-hydrogen) atoms. The average molecular weight is 439 g/mol. The molecule has 4 aliphatic rings. The first-order chi connectivity index (χ1) is 15.0. The van der Waals surface area contributed by atoms with Gasteiger partial charge < -0.3 is 10.6 Å². The topological polar surface area (TPSA) is 58.4 Å². The lowest BCUT2D eigenvalue weighted by molar-refractivity contribution is -0.0135. The first-order valence-corrected chi connectivity index (χ1v) is 12.1. The van der Waals surface area contributed by atoms with Crippen molar-refractivity contribution < 1.29 is 9.18 Å². The lowest BCUT2D eigenvalue weighted by Crippen LogP contribution is -2.61. The largest absolute Gasteiger partial charge is 0.333 e. The highest BCUT2D eigenvalue weighted by molar-refractivity contribution is 7.17. The molecule has 0 spiro atoms. The number of urea groups is 1. The minimum atomic E-state index is -0.249. The zero-order valence-electron chi connectivity index (χ0n) is 17.7. The zero-order chi connectivity index (χ0) is 21.2. The van der Waals surface area contributed by atoms with Crippen LogP contribution in [0.15, 0.2) is 30.5 Å². The fourth-order valence-corrected chi connectivity index (χ4v) is 7.67. The van der Waals surface area contributed by atoms with Crippen molar-refractivity contribution in [3.8, 4) is 11.3 Å². The Hall–Kier alpha value is -2.41. The van der Waals surface area contributed by atoms with Crippen molar-refractivity contribution in [2.75, 3.05) is 0 Å². The number of carbonyl (C=O) groups is 1. The molecule has 2 aromatic heterocycles. The molecule has 4 bridgehead atoms. The van der Waals surface area contributed by atoms with Gasteiger partial charge >= 0.3 is 6.03 Å². The number of imidazole rings is 1. The molecule has 2 N–H and O–H groups in total. The standard InChI is InChI=1S/C24H27FN4OS/c1-14-21(31-23-27-20(13-29(14)23)18-2-4-19(25)5-3-18)12-26-22(30)28-24-9-15-6-16(10-24)8-17(7-15)11-24/h2-5,13,15-17H,6-12H2,1H3,(H2,26,28,30).